The molecule has 0 aliphatic rings. The van der Waals surface area contributed by atoms with E-state index < -0.39 is 0 Å². The Morgan fingerprint density at radius 1 is 1.58 bits per heavy atom. The van der Waals surface area contributed by atoms with Gasteiger partial charge in [0, 0.05) is 12.5 Å². The lowest BCUT2D eigenvalue weighted by atomic mass is 10.3. The lowest BCUT2D eigenvalue weighted by molar-refractivity contribution is 0.448. The number of halogens is 1. The molecule has 0 fully saturated rings. The van der Waals surface area contributed by atoms with Crippen molar-refractivity contribution in [2.75, 3.05) is 0 Å². The van der Waals surface area contributed by atoms with Crippen molar-refractivity contribution in [3.8, 4) is 5.88 Å². The summed E-state index contributed by atoms with van der Waals surface area (Å²) in [5, 5.41) is 9.30. The van der Waals surface area contributed by atoms with Crippen molar-refractivity contribution in [3.63, 3.8) is 0 Å². The number of allylic oxidation sites excluding steroid dienone is 1. The maximum absolute atomic E-state index is 9.03. The highest BCUT2D eigenvalue weighted by Gasteiger charge is 2.00. The molecule has 0 atom stereocenters. The molecule has 0 aliphatic carbocycles. The van der Waals surface area contributed by atoms with Crippen LogP contribution in [-0.4, -0.2) is 15.1 Å². The molecule has 4 heteroatoms. The van der Waals surface area contributed by atoms with Gasteiger partial charge in [-0.3, -0.25) is 0 Å². The van der Waals surface area contributed by atoms with Gasteiger partial charge in [-0.2, -0.15) is 4.98 Å². The first kappa shape index (κ1) is 9.00. The summed E-state index contributed by atoms with van der Waals surface area (Å²) in [6.45, 7) is 3.57. The third-order valence-electron chi connectivity index (χ3n) is 1.30. The Morgan fingerprint density at radius 2 is 2.33 bits per heavy atom. The first-order chi connectivity index (χ1) is 5.72. The van der Waals surface area contributed by atoms with E-state index in [9.17, 15) is 0 Å². The summed E-state index contributed by atoms with van der Waals surface area (Å²) in [6.07, 6.45) is 3.19. The normalized spacial score (nSPS) is 9.75. The summed E-state index contributed by atoms with van der Waals surface area (Å²) in [5.74, 6) is 0.453. The van der Waals surface area contributed by atoms with Gasteiger partial charge in [0.1, 0.15) is 11.0 Å². The molecule has 0 aromatic carbocycles. The molecule has 0 amide bonds. The van der Waals surface area contributed by atoms with Crippen LogP contribution in [0.1, 0.15) is 12.2 Å². The zero-order valence-corrected chi connectivity index (χ0v) is 7.25. The van der Waals surface area contributed by atoms with Crippen molar-refractivity contribution in [1.29, 1.82) is 0 Å². The first-order valence-electron chi connectivity index (χ1n) is 3.55. The van der Waals surface area contributed by atoms with Crippen molar-refractivity contribution in [3.05, 3.63) is 29.7 Å². The van der Waals surface area contributed by atoms with E-state index in [1.807, 2.05) is 0 Å². The first-order valence-corrected chi connectivity index (χ1v) is 3.93. The van der Waals surface area contributed by atoms with Crippen LogP contribution in [0, 0.1) is 0 Å². The number of aryl methyl sites for hydroxylation is 1. The SMILES string of the molecule is C=CCCc1nc(O)cc(Cl)n1. The number of nitrogens with zero attached hydrogens (tertiary/aromatic N) is 2. The highest BCUT2D eigenvalue weighted by molar-refractivity contribution is 6.29. The van der Waals surface area contributed by atoms with Crippen molar-refractivity contribution in [1.82, 2.24) is 9.97 Å². The Hall–Kier alpha value is -1.09. The molecule has 1 N–H and O–H groups in total. The highest BCUT2D eigenvalue weighted by atomic mass is 35.5. The monoisotopic (exact) mass is 184 g/mol. The predicted molar refractivity (Wildman–Crippen MR) is 47.2 cm³/mol. The van der Waals surface area contributed by atoms with Crippen molar-refractivity contribution in [2.45, 2.75) is 12.8 Å². The molecule has 0 saturated heterocycles. The van der Waals surface area contributed by atoms with Gasteiger partial charge in [-0.25, -0.2) is 4.98 Å². The van der Waals surface area contributed by atoms with Crippen molar-refractivity contribution >= 4 is 11.6 Å². The minimum Gasteiger partial charge on any atom is -0.493 e. The Labute approximate surface area is 75.7 Å². The molecular weight excluding hydrogens is 176 g/mol. The molecule has 0 radical (unpaired) electrons. The van der Waals surface area contributed by atoms with Crippen LogP contribution in [0.2, 0.25) is 5.15 Å². The van der Waals surface area contributed by atoms with E-state index in [1.165, 1.54) is 6.07 Å². The van der Waals surface area contributed by atoms with E-state index in [4.69, 9.17) is 16.7 Å². The molecule has 1 aromatic heterocycles. The van der Waals surface area contributed by atoms with Crippen LogP contribution >= 0.6 is 11.6 Å². The lowest BCUT2D eigenvalue weighted by Gasteiger charge is -1.98. The molecule has 3 nitrogen and oxygen atoms in total. The van der Waals surface area contributed by atoms with Gasteiger partial charge < -0.3 is 5.11 Å². The van der Waals surface area contributed by atoms with Gasteiger partial charge in [0.05, 0.1) is 0 Å². The van der Waals surface area contributed by atoms with Crippen LogP contribution in [0.5, 0.6) is 5.88 Å². The molecule has 0 aliphatic heterocycles. The van der Waals surface area contributed by atoms with Gasteiger partial charge in [0.25, 0.3) is 0 Å². The summed E-state index contributed by atoms with van der Waals surface area (Å²) in [5.41, 5.74) is 0. The molecular formula is C8H9ClN2O. The smallest absolute Gasteiger partial charge is 0.215 e. The van der Waals surface area contributed by atoms with Gasteiger partial charge in [0.2, 0.25) is 5.88 Å². The fraction of sp³-hybridized carbons (Fsp3) is 0.250. The van der Waals surface area contributed by atoms with Crippen LogP contribution in [-0.2, 0) is 6.42 Å². The van der Waals surface area contributed by atoms with E-state index in [0.29, 0.717) is 12.2 Å². The molecule has 12 heavy (non-hydrogen) atoms. The lowest BCUT2D eigenvalue weighted by Crippen LogP contribution is -1.93. The average molecular weight is 185 g/mol. The Balaban J connectivity index is 2.78. The summed E-state index contributed by atoms with van der Waals surface area (Å²) in [7, 11) is 0. The van der Waals surface area contributed by atoms with Gasteiger partial charge >= 0.3 is 0 Å². The second-order valence-electron chi connectivity index (χ2n) is 2.29. The van der Waals surface area contributed by atoms with E-state index >= 15 is 0 Å². The standard InChI is InChI=1S/C8H9ClN2O/c1-2-3-4-7-10-6(9)5-8(12)11-7/h2,5H,1,3-4H2,(H,10,11,12). The third kappa shape index (κ3) is 2.51. The number of aromatic nitrogens is 2. The maximum atomic E-state index is 9.03. The van der Waals surface area contributed by atoms with Crippen LogP contribution in [0.15, 0.2) is 18.7 Å². The summed E-state index contributed by atoms with van der Waals surface area (Å²) in [6, 6.07) is 1.30. The second-order valence-corrected chi connectivity index (χ2v) is 2.68. The van der Waals surface area contributed by atoms with E-state index in [0.717, 1.165) is 6.42 Å². The molecule has 0 spiro atoms. The quantitative estimate of drug-likeness (QED) is 0.577. The highest BCUT2D eigenvalue weighted by Crippen LogP contribution is 2.12. The van der Waals surface area contributed by atoms with Gasteiger partial charge in [-0.1, -0.05) is 17.7 Å². The molecule has 1 rings (SSSR count). The van der Waals surface area contributed by atoms with Crippen LogP contribution in [0.3, 0.4) is 0 Å². The van der Waals surface area contributed by atoms with E-state index in [-0.39, 0.29) is 11.0 Å². The largest absolute Gasteiger partial charge is 0.493 e. The Morgan fingerprint density at radius 3 is 2.92 bits per heavy atom. The molecule has 64 valence electrons. The second kappa shape index (κ2) is 4.07. The van der Waals surface area contributed by atoms with Crippen LogP contribution in [0.4, 0.5) is 0 Å². The molecule has 0 bridgehead atoms. The van der Waals surface area contributed by atoms with Gasteiger partial charge in [-0.15, -0.1) is 6.58 Å². The fourth-order valence-electron chi connectivity index (χ4n) is 0.795. The van der Waals surface area contributed by atoms with Crippen LogP contribution < -0.4 is 0 Å². The molecule has 0 saturated carbocycles. The number of rotatable bonds is 3. The van der Waals surface area contributed by atoms with Gasteiger partial charge in [0.15, 0.2) is 0 Å². The predicted octanol–water partition coefficient (Wildman–Crippen LogP) is 1.95. The fourth-order valence-corrected chi connectivity index (χ4v) is 0.990. The van der Waals surface area contributed by atoms with Crippen molar-refractivity contribution < 1.29 is 5.11 Å². The summed E-state index contributed by atoms with van der Waals surface area (Å²) >= 11 is 5.59. The Bertz CT molecular complexity index is 268. The maximum Gasteiger partial charge on any atom is 0.215 e. The van der Waals surface area contributed by atoms with E-state index in [2.05, 4.69) is 16.5 Å². The molecule has 0 unspecified atom stereocenters. The molecule has 1 aromatic rings. The third-order valence-corrected chi connectivity index (χ3v) is 1.49. The summed E-state index contributed by atoms with van der Waals surface area (Å²) < 4.78 is 0. The average Bonchev–Trinajstić information content (AvgIpc) is 1.99. The van der Waals surface area contributed by atoms with Crippen molar-refractivity contribution in [2.24, 2.45) is 0 Å². The summed E-state index contributed by atoms with van der Waals surface area (Å²) in [4.78, 5) is 7.70. The van der Waals surface area contributed by atoms with E-state index in [1.54, 1.807) is 6.08 Å². The zero-order valence-electron chi connectivity index (χ0n) is 6.50. The Kier molecular flexibility index (Phi) is 3.05. The van der Waals surface area contributed by atoms with Crippen LogP contribution in [0.25, 0.3) is 0 Å². The zero-order chi connectivity index (χ0) is 8.97. The molecule has 1 heterocycles. The van der Waals surface area contributed by atoms with Gasteiger partial charge in [-0.05, 0) is 6.42 Å². The number of hydrogen-bond donors (Lipinski definition) is 1. The topological polar surface area (TPSA) is 46.0 Å². The minimum atomic E-state index is -0.0888. The number of hydrogen-bond acceptors (Lipinski definition) is 3. The number of aromatic hydroxyl groups is 1. The minimum absolute atomic E-state index is 0.0888.